The van der Waals surface area contributed by atoms with Crippen molar-refractivity contribution in [1.82, 2.24) is 0 Å². The third-order valence-electron chi connectivity index (χ3n) is 6.37. The van der Waals surface area contributed by atoms with Crippen molar-refractivity contribution in [1.29, 1.82) is 0 Å². The highest BCUT2D eigenvalue weighted by Gasteiger charge is 2.34. The van der Waals surface area contributed by atoms with Crippen LogP contribution in [0.5, 0.6) is 28.7 Å². The first-order valence-electron chi connectivity index (χ1n) is 12.2. The maximum absolute atomic E-state index is 13.2. The number of ether oxygens (including phenoxy) is 1. The first kappa shape index (κ1) is 26.9. The van der Waals surface area contributed by atoms with E-state index in [-0.39, 0.29) is 52.1 Å². The standard InChI is InChI=1S/C30H36O6/c1-17(2)7-6-8-19(5)10-12-22-24(32)15-27-28(30(22)35)25(33)16-26(36-27)20-13-14-23(31)29(34)21(20)11-9-18(3)4/h7,9-10,13-15,26,31-32,34-35H,6,8,11-12,16H2,1-5H3/t26-/m0/s1. The van der Waals surface area contributed by atoms with E-state index in [1.165, 1.54) is 17.7 Å². The molecule has 4 N–H and O–H groups in total. The van der Waals surface area contributed by atoms with Gasteiger partial charge in [-0.1, -0.05) is 41.0 Å². The first-order valence-corrected chi connectivity index (χ1v) is 12.2. The molecular formula is C30H36O6. The lowest BCUT2D eigenvalue weighted by molar-refractivity contribution is 0.0843. The molecule has 1 atom stereocenters. The molecule has 2 aromatic rings. The molecule has 0 amide bonds. The summed E-state index contributed by atoms with van der Waals surface area (Å²) in [6.07, 6.45) is 7.68. The van der Waals surface area contributed by atoms with Crippen LogP contribution in [-0.2, 0) is 12.8 Å². The number of rotatable bonds is 8. The second-order valence-corrected chi connectivity index (χ2v) is 9.89. The van der Waals surface area contributed by atoms with Crippen LogP contribution in [-0.4, -0.2) is 26.2 Å². The van der Waals surface area contributed by atoms with Gasteiger partial charge in [-0.2, -0.15) is 0 Å². The number of allylic oxidation sites excluding steroid dienone is 6. The number of hydrogen-bond donors (Lipinski definition) is 4. The number of aromatic hydroxyl groups is 4. The van der Waals surface area contributed by atoms with E-state index < -0.39 is 6.10 Å². The van der Waals surface area contributed by atoms with Crippen molar-refractivity contribution in [2.75, 3.05) is 0 Å². The summed E-state index contributed by atoms with van der Waals surface area (Å²) < 4.78 is 6.07. The Morgan fingerprint density at radius 1 is 0.889 bits per heavy atom. The minimum Gasteiger partial charge on any atom is -0.507 e. The van der Waals surface area contributed by atoms with Crippen molar-refractivity contribution in [2.24, 2.45) is 0 Å². The predicted octanol–water partition coefficient (Wildman–Crippen LogP) is 6.96. The molecule has 0 fully saturated rings. The van der Waals surface area contributed by atoms with Crippen molar-refractivity contribution in [2.45, 2.75) is 72.8 Å². The molecule has 1 aliphatic rings. The molecule has 6 heteroatoms. The number of carbonyl (C=O) groups is 1. The van der Waals surface area contributed by atoms with Crippen LogP contribution >= 0.6 is 0 Å². The van der Waals surface area contributed by atoms with Crippen LogP contribution in [0.3, 0.4) is 0 Å². The quantitative estimate of drug-likeness (QED) is 0.234. The minimum absolute atomic E-state index is 0.0472. The number of phenols is 4. The van der Waals surface area contributed by atoms with Gasteiger partial charge in [-0.25, -0.2) is 0 Å². The van der Waals surface area contributed by atoms with Crippen LogP contribution in [0.15, 0.2) is 53.1 Å². The fourth-order valence-corrected chi connectivity index (χ4v) is 4.30. The van der Waals surface area contributed by atoms with E-state index in [0.717, 1.165) is 24.0 Å². The zero-order valence-corrected chi connectivity index (χ0v) is 21.7. The zero-order valence-electron chi connectivity index (χ0n) is 21.7. The number of benzene rings is 2. The van der Waals surface area contributed by atoms with Crippen LogP contribution in [0.25, 0.3) is 0 Å². The van der Waals surface area contributed by atoms with Gasteiger partial charge in [-0.15, -0.1) is 0 Å². The lowest BCUT2D eigenvalue weighted by Crippen LogP contribution is -2.22. The molecule has 1 aliphatic heterocycles. The molecule has 1 heterocycles. The molecule has 0 saturated carbocycles. The fourth-order valence-electron chi connectivity index (χ4n) is 4.30. The molecule has 3 rings (SSSR count). The van der Waals surface area contributed by atoms with E-state index in [1.54, 1.807) is 6.07 Å². The average molecular weight is 493 g/mol. The van der Waals surface area contributed by atoms with E-state index in [1.807, 2.05) is 32.9 Å². The molecule has 0 aromatic heterocycles. The molecule has 0 saturated heterocycles. The first-order chi connectivity index (χ1) is 17.0. The highest BCUT2D eigenvalue weighted by Crippen LogP contribution is 2.46. The van der Waals surface area contributed by atoms with E-state index >= 15 is 0 Å². The predicted molar refractivity (Wildman–Crippen MR) is 141 cm³/mol. The van der Waals surface area contributed by atoms with Gasteiger partial charge in [0.2, 0.25) is 0 Å². The normalized spacial score (nSPS) is 15.2. The van der Waals surface area contributed by atoms with Gasteiger partial charge < -0.3 is 25.2 Å². The molecule has 36 heavy (non-hydrogen) atoms. The molecule has 6 nitrogen and oxygen atoms in total. The smallest absolute Gasteiger partial charge is 0.174 e. The molecule has 0 unspecified atom stereocenters. The topological polar surface area (TPSA) is 107 Å². The van der Waals surface area contributed by atoms with Crippen molar-refractivity contribution in [3.63, 3.8) is 0 Å². The Balaban J connectivity index is 1.91. The van der Waals surface area contributed by atoms with E-state index in [4.69, 9.17) is 4.74 Å². The maximum atomic E-state index is 13.2. The van der Waals surface area contributed by atoms with Crippen molar-refractivity contribution < 1.29 is 30.0 Å². The van der Waals surface area contributed by atoms with E-state index in [0.29, 0.717) is 24.0 Å². The Morgan fingerprint density at radius 2 is 1.56 bits per heavy atom. The summed E-state index contributed by atoms with van der Waals surface area (Å²) in [6, 6.07) is 4.37. The summed E-state index contributed by atoms with van der Waals surface area (Å²) in [5.41, 5.74) is 4.81. The second kappa shape index (κ2) is 11.4. The summed E-state index contributed by atoms with van der Waals surface area (Å²) >= 11 is 0. The number of carbonyl (C=O) groups excluding carboxylic acids is 1. The van der Waals surface area contributed by atoms with Gasteiger partial charge in [0.1, 0.15) is 28.9 Å². The summed E-state index contributed by atoms with van der Waals surface area (Å²) in [4.78, 5) is 13.2. The van der Waals surface area contributed by atoms with Crippen LogP contribution in [0, 0.1) is 0 Å². The van der Waals surface area contributed by atoms with Crippen LogP contribution in [0.1, 0.15) is 87.0 Å². The Morgan fingerprint density at radius 3 is 2.22 bits per heavy atom. The Labute approximate surface area is 212 Å². The third kappa shape index (κ3) is 6.11. The minimum atomic E-state index is -0.737. The summed E-state index contributed by atoms with van der Waals surface area (Å²) in [6.45, 7) is 9.98. The average Bonchev–Trinajstić information content (AvgIpc) is 2.78. The number of ketones is 1. The van der Waals surface area contributed by atoms with Crippen LogP contribution < -0.4 is 4.74 Å². The number of Topliss-reactive ketones (excluding diaryl/α,β-unsaturated/α-hetero) is 1. The molecule has 0 bridgehead atoms. The lowest BCUT2D eigenvalue weighted by atomic mass is 9.89. The number of hydrogen-bond acceptors (Lipinski definition) is 6. The SMILES string of the molecule is CC(C)=CCCC(C)=CCc1c(O)cc2c(c1O)C(=O)C[C@@H](c1ccc(O)c(O)c1CC=C(C)C)O2. The van der Waals surface area contributed by atoms with Gasteiger partial charge in [0.05, 0.1) is 6.42 Å². The highest BCUT2D eigenvalue weighted by atomic mass is 16.5. The van der Waals surface area contributed by atoms with Gasteiger partial charge >= 0.3 is 0 Å². The second-order valence-electron chi connectivity index (χ2n) is 9.89. The third-order valence-corrected chi connectivity index (χ3v) is 6.37. The molecule has 0 spiro atoms. The van der Waals surface area contributed by atoms with Gasteiger partial charge in [0.25, 0.3) is 0 Å². The van der Waals surface area contributed by atoms with Crippen LogP contribution in [0.4, 0.5) is 0 Å². The summed E-state index contributed by atoms with van der Waals surface area (Å²) in [5, 5.41) is 42.1. The van der Waals surface area contributed by atoms with E-state index in [9.17, 15) is 25.2 Å². The maximum Gasteiger partial charge on any atom is 0.174 e. The Bertz CT molecular complexity index is 1240. The van der Waals surface area contributed by atoms with Gasteiger partial charge in [0, 0.05) is 22.8 Å². The number of phenolic OH excluding ortho intramolecular Hbond substituents is 4. The monoisotopic (exact) mass is 492 g/mol. The van der Waals surface area contributed by atoms with Gasteiger partial charge in [-0.3, -0.25) is 4.79 Å². The highest BCUT2D eigenvalue weighted by molar-refractivity contribution is 6.03. The van der Waals surface area contributed by atoms with E-state index in [2.05, 4.69) is 19.9 Å². The lowest BCUT2D eigenvalue weighted by Gasteiger charge is -2.28. The van der Waals surface area contributed by atoms with Crippen molar-refractivity contribution >= 4 is 5.78 Å². The summed E-state index contributed by atoms with van der Waals surface area (Å²) in [5.74, 6) is -1.13. The largest absolute Gasteiger partial charge is 0.507 e. The van der Waals surface area contributed by atoms with Gasteiger partial charge in [0.15, 0.2) is 17.3 Å². The fraction of sp³-hybridized carbons (Fsp3) is 0.367. The zero-order chi connectivity index (χ0) is 26.6. The Hall–Kier alpha value is -3.67. The molecule has 0 radical (unpaired) electrons. The van der Waals surface area contributed by atoms with Crippen molar-refractivity contribution in [3.8, 4) is 28.7 Å². The van der Waals surface area contributed by atoms with Crippen molar-refractivity contribution in [3.05, 3.63) is 75.4 Å². The molecular weight excluding hydrogens is 456 g/mol. The number of fused-ring (bicyclic) bond motifs is 1. The molecule has 192 valence electrons. The Kier molecular flexibility index (Phi) is 8.51. The van der Waals surface area contributed by atoms with Gasteiger partial charge in [-0.05, 0) is 66.4 Å². The van der Waals surface area contributed by atoms with Crippen LogP contribution in [0.2, 0.25) is 0 Å². The molecule has 2 aromatic carbocycles. The summed E-state index contributed by atoms with van der Waals surface area (Å²) in [7, 11) is 0. The molecule has 0 aliphatic carbocycles.